The molecule has 0 amide bonds. The van der Waals surface area contributed by atoms with Crippen LogP contribution in [0, 0.1) is 13.8 Å². The summed E-state index contributed by atoms with van der Waals surface area (Å²) < 4.78 is 2.20. The molecule has 0 radical (unpaired) electrons. The number of nitrogens with zero attached hydrogens (tertiary/aromatic N) is 2. The molecule has 3 nitrogen and oxygen atoms in total. The molecule has 0 unspecified atom stereocenters. The lowest BCUT2D eigenvalue weighted by atomic mass is 10.3. The maximum Gasteiger partial charge on any atom is 0.106 e. The highest BCUT2D eigenvalue weighted by Gasteiger charge is 2.07. The summed E-state index contributed by atoms with van der Waals surface area (Å²) in [5, 5.41) is 0. The minimum absolute atomic E-state index is 0.684. The molecule has 68 valence electrons. The molecule has 1 heterocycles. The molecule has 0 aromatic carbocycles. The molecule has 0 fully saturated rings. The smallest absolute Gasteiger partial charge is 0.106 e. The Morgan fingerprint density at radius 3 is 2.58 bits per heavy atom. The summed E-state index contributed by atoms with van der Waals surface area (Å²) in [7, 11) is 0. The van der Waals surface area contributed by atoms with E-state index in [4.69, 9.17) is 5.73 Å². The fourth-order valence-electron chi connectivity index (χ4n) is 1.63. The molecule has 1 aromatic rings. The second-order valence-electron chi connectivity index (χ2n) is 2.98. The Morgan fingerprint density at radius 1 is 1.42 bits per heavy atom. The third kappa shape index (κ3) is 1.50. The highest BCUT2D eigenvalue weighted by atomic mass is 15.1. The standard InChI is InChI=1S/C9H17N3/c1-4-9-7(2)11-8(3)12(9)6-5-10/h4-6,10H2,1-3H3. The number of nitrogens with two attached hydrogens (primary N) is 1. The van der Waals surface area contributed by atoms with Crippen LogP contribution in [0.3, 0.4) is 0 Å². The topological polar surface area (TPSA) is 43.8 Å². The quantitative estimate of drug-likeness (QED) is 0.730. The first-order valence-electron chi connectivity index (χ1n) is 4.43. The van der Waals surface area contributed by atoms with Crippen LogP contribution in [0.25, 0.3) is 0 Å². The molecule has 12 heavy (non-hydrogen) atoms. The Bertz CT molecular complexity index is 263. The second-order valence-corrected chi connectivity index (χ2v) is 2.98. The third-order valence-electron chi connectivity index (χ3n) is 2.15. The zero-order chi connectivity index (χ0) is 9.14. The predicted octanol–water partition coefficient (Wildman–Crippen LogP) is 1.02. The van der Waals surface area contributed by atoms with E-state index in [2.05, 4.69) is 23.4 Å². The molecular formula is C9H17N3. The lowest BCUT2D eigenvalue weighted by Crippen LogP contribution is -2.13. The van der Waals surface area contributed by atoms with Crippen molar-refractivity contribution in [2.75, 3.05) is 6.54 Å². The normalized spacial score (nSPS) is 10.7. The minimum atomic E-state index is 0.684. The van der Waals surface area contributed by atoms with Gasteiger partial charge >= 0.3 is 0 Å². The van der Waals surface area contributed by atoms with E-state index in [0.717, 1.165) is 24.5 Å². The summed E-state index contributed by atoms with van der Waals surface area (Å²) in [5.74, 6) is 1.08. The fraction of sp³-hybridized carbons (Fsp3) is 0.667. The van der Waals surface area contributed by atoms with Gasteiger partial charge in [-0.15, -0.1) is 0 Å². The summed E-state index contributed by atoms with van der Waals surface area (Å²) in [6.07, 6.45) is 1.03. The molecule has 0 spiro atoms. The third-order valence-corrected chi connectivity index (χ3v) is 2.15. The van der Waals surface area contributed by atoms with Crippen molar-refractivity contribution in [1.29, 1.82) is 0 Å². The fourth-order valence-corrected chi connectivity index (χ4v) is 1.63. The van der Waals surface area contributed by atoms with Crippen LogP contribution in [0.2, 0.25) is 0 Å². The molecule has 0 aliphatic carbocycles. The van der Waals surface area contributed by atoms with Crippen molar-refractivity contribution < 1.29 is 0 Å². The molecule has 2 N–H and O–H groups in total. The predicted molar refractivity (Wildman–Crippen MR) is 50.1 cm³/mol. The monoisotopic (exact) mass is 167 g/mol. The molecule has 0 aliphatic heterocycles. The van der Waals surface area contributed by atoms with E-state index in [9.17, 15) is 0 Å². The number of rotatable bonds is 3. The molecule has 0 atom stereocenters. The first-order chi connectivity index (χ1) is 5.70. The Balaban J connectivity index is 3.04. The van der Waals surface area contributed by atoms with E-state index in [1.807, 2.05) is 6.92 Å². The van der Waals surface area contributed by atoms with E-state index >= 15 is 0 Å². The number of hydrogen-bond donors (Lipinski definition) is 1. The van der Waals surface area contributed by atoms with E-state index in [-0.39, 0.29) is 0 Å². The summed E-state index contributed by atoms with van der Waals surface area (Å²) >= 11 is 0. The molecule has 1 aromatic heterocycles. The van der Waals surface area contributed by atoms with Gasteiger partial charge in [0.2, 0.25) is 0 Å². The van der Waals surface area contributed by atoms with Gasteiger partial charge in [-0.2, -0.15) is 0 Å². The molecular weight excluding hydrogens is 150 g/mol. The molecule has 3 heteroatoms. The van der Waals surface area contributed by atoms with E-state index in [1.54, 1.807) is 0 Å². The van der Waals surface area contributed by atoms with E-state index in [0.29, 0.717) is 6.54 Å². The average Bonchev–Trinajstić information content (AvgIpc) is 2.28. The van der Waals surface area contributed by atoms with Gasteiger partial charge in [0.25, 0.3) is 0 Å². The Morgan fingerprint density at radius 2 is 2.08 bits per heavy atom. The summed E-state index contributed by atoms with van der Waals surface area (Å²) in [6, 6.07) is 0. The summed E-state index contributed by atoms with van der Waals surface area (Å²) in [5.41, 5.74) is 7.97. The number of aryl methyl sites for hydroxylation is 2. The molecule has 0 saturated carbocycles. The highest BCUT2D eigenvalue weighted by Crippen LogP contribution is 2.10. The second kappa shape index (κ2) is 3.72. The van der Waals surface area contributed by atoms with Crippen LogP contribution in [0.1, 0.15) is 24.1 Å². The van der Waals surface area contributed by atoms with Crippen LogP contribution in [0.15, 0.2) is 0 Å². The van der Waals surface area contributed by atoms with E-state index < -0.39 is 0 Å². The Labute approximate surface area is 73.6 Å². The SMILES string of the molecule is CCc1c(C)nc(C)n1CCN. The molecule has 0 saturated heterocycles. The van der Waals surface area contributed by atoms with Gasteiger partial charge in [0.1, 0.15) is 5.82 Å². The molecule has 1 rings (SSSR count). The van der Waals surface area contributed by atoms with Crippen LogP contribution >= 0.6 is 0 Å². The van der Waals surface area contributed by atoms with Crippen LogP contribution in [0.4, 0.5) is 0 Å². The van der Waals surface area contributed by atoms with Gasteiger partial charge in [-0.1, -0.05) is 6.92 Å². The maximum atomic E-state index is 5.51. The van der Waals surface area contributed by atoms with Crippen molar-refractivity contribution in [1.82, 2.24) is 9.55 Å². The Hall–Kier alpha value is -0.830. The van der Waals surface area contributed by atoms with E-state index in [1.165, 1.54) is 5.69 Å². The average molecular weight is 167 g/mol. The van der Waals surface area contributed by atoms with Crippen molar-refractivity contribution >= 4 is 0 Å². The first-order valence-corrected chi connectivity index (χ1v) is 4.43. The lowest BCUT2D eigenvalue weighted by Gasteiger charge is -2.06. The number of aromatic nitrogens is 2. The number of imidazole rings is 1. The van der Waals surface area contributed by atoms with Crippen LogP contribution < -0.4 is 5.73 Å². The highest BCUT2D eigenvalue weighted by molar-refractivity contribution is 5.15. The van der Waals surface area contributed by atoms with Crippen molar-refractivity contribution in [2.24, 2.45) is 5.73 Å². The largest absolute Gasteiger partial charge is 0.331 e. The van der Waals surface area contributed by atoms with Gasteiger partial charge in [-0.3, -0.25) is 0 Å². The van der Waals surface area contributed by atoms with Crippen molar-refractivity contribution in [3.05, 3.63) is 17.2 Å². The zero-order valence-electron chi connectivity index (χ0n) is 8.09. The van der Waals surface area contributed by atoms with Gasteiger partial charge in [0.15, 0.2) is 0 Å². The van der Waals surface area contributed by atoms with Crippen LogP contribution in [-0.4, -0.2) is 16.1 Å². The van der Waals surface area contributed by atoms with Crippen molar-refractivity contribution in [3.8, 4) is 0 Å². The zero-order valence-corrected chi connectivity index (χ0v) is 8.09. The van der Waals surface area contributed by atoms with Crippen molar-refractivity contribution in [3.63, 3.8) is 0 Å². The lowest BCUT2D eigenvalue weighted by molar-refractivity contribution is 0.653. The first kappa shape index (κ1) is 9.26. The van der Waals surface area contributed by atoms with Gasteiger partial charge in [0, 0.05) is 18.8 Å². The minimum Gasteiger partial charge on any atom is -0.331 e. The maximum absolute atomic E-state index is 5.51. The summed E-state index contributed by atoms with van der Waals surface area (Å²) in [4.78, 5) is 4.41. The van der Waals surface area contributed by atoms with Gasteiger partial charge in [-0.25, -0.2) is 4.98 Å². The summed E-state index contributed by atoms with van der Waals surface area (Å²) in [6.45, 7) is 7.80. The van der Waals surface area contributed by atoms with Crippen molar-refractivity contribution in [2.45, 2.75) is 33.7 Å². The molecule has 0 aliphatic rings. The van der Waals surface area contributed by atoms with Crippen LogP contribution in [-0.2, 0) is 13.0 Å². The number of hydrogen-bond acceptors (Lipinski definition) is 2. The van der Waals surface area contributed by atoms with Crippen LogP contribution in [0.5, 0.6) is 0 Å². The van der Waals surface area contributed by atoms with Gasteiger partial charge in [-0.05, 0) is 20.3 Å². The molecule has 0 bridgehead atoms. The van der Waals surface area contributed by atoms with Gasteiger partial charge in [0.05, 0.1) is 5.69 Å². The van der Waals surface area contributed by atoms with Gasteiger partial charge < -0.3 is 10.3 Å². The Kier molecular flexibility index (Phi) is 2.87.